The summed E-state index contributed by atoms with van der Waals surface area (Å²) >= 11 is 0. The molecule has 1 unspecified atom stereocenters. The lowest BCUT2D eigenvalue weighted by molar-refractivity contribution is -0.108. The van der Waals surface area contributed by atoms with Crippen molar-refractivity contribution in [3.8, 4) is 11.5 Å². The van der Waals surface area contributed by atoms with Gasteiger partial charge in [-0.2, -0.15) is 0 Å². The van der Waals surface area contributed by atoms with Gasteiger partial charge in [0.2, 0.25) is 0 Å². The van der Waals surface area contributed by atoms with E-state index in [2.05, 4.69) is 10.3 Å². The predicted molar refractivity (Wildman–Crippen MR) is 77.7 cm³/mol. The number of carbonyl (C=O) groups excluding carboxylic acids is 1. The topological polar surface area (TPSA) is 113 Å². The van der Waals surface area contributed by atoms with Gasteiger partial charge in [0.1, 0.15) is 18.9 Å². The second kappa shape index (κ2) is 8.64. The summed E-state index contributed by atoms with van der Waals surface area (Å²) in [6, 6.07) is 6.61. The maximum Gasteiger partial charge on any atom is 0.166 e. The zero-order valence-corrected chi connectivity index (χ0v) is 12.0. The highest BCUT2D eigenvalue weighted by molar-refractivity contribution is 5.85. The van der Waals surface area contributed by atoms with E-state index in [1.807, 2.05) is 12.1 Å². The number of nitrogens with zero attached hydrogens (tertiary/aromatic N) is 3. The molecule has 0 saturated carbocycles. The highest BCUT2D eigenvalue weighted by Crippen LogP contribution is 2.26. The molecule has 0 aliphatic carbocycles. The van der Waals surface area contributed by atoms with Gasteiger partial charge in [-0.25, -0.2) is 0 Å². The fraction of sp³-hybridized carbons (Fsp3) is 0.385. The zero-order chi connectivity index (χ0) is 15.7. The Hall–Kier alpha value is -2.48. The molecule has 0 amide bonds. The van der Waals surface area contributed by atoms with Crippen molar-refractivity contribution in [1.29, 1.82) is 5.41 Å². The molecule has 0 aliphatic rings. The molecule has 114 valence electrons. The minimum absolute atomic E-state index is 0.0863. The average Bonchev–Trinajstić information content (AvgIpc) is 2.48. The third-order valence-electron chi connectivity index (χ3n) is 2.84. The van der Waals surface area contributed by atoms with Crippen LogP contribution < -0.4 is 15.3 Å². The van der Waals surface area contributed by atoms with E-state index >= 15 is 0 Å². The summed E-state index contributed by atoms with van der Waals surface area (Å²) in [5.41, 5.74) is 0. The average molecular weight is 293 g/mol. The van der Waals surface area contributed by atoms with Gasteiger partial charge in [-0.15, -0.1) is 5.11 Å². The van der Waals surface area contributed by atoms with Crippen LogP contribution in [0.2, 0.25) is 0 Å². The van der Waals surface area contributed by atoms with Gasteiger partial charge in [-0.3, -0.25) is 10.3 Å². The third-order valence-corrected chi connectivity index (χ3v) is 2.84. The fourth-order valence-corrected chi connectivity index (χ4v) is 1.70. The first-order valence-corrected chi connectivity index (χ1v) is 6.23. The summed E-state index contributed by atoms with van der Waals surface area (Å²) in [5.74, 6) is 6.00. The molecule has 0 fully saturated rings. The molecule has 0 spiro atoms. The van der Waals surface area contributed by atoms with Crippen LogP contribution in [0.1, 0.15) is 0 Å². The largest absolute Gasteiger partial charge is 0.493 e. The number of ether oxygens (including phenoxy) is 2. The van der Waals surface area contributed by atoms with Crippen molar-refractivity contribution in [1.82, 2.24) is 4.90 Å². The number of carbonyl (C=O) groups is 1. The van der Waals surface area contributed by atoms with Crippen LogP contribution >= 0.6 is 0 Å². The molecule has 8 nitrogen and oxygen atoms in total. The van der Waals surface area contributed by atoms with E-state index in [4.69, 9.17) is 20.7 Å². The monoisotopic (exact) mass is 293 g/mol. The summed E-state index contributed by atoms with van der Waals surface area (Å²) < 4.78 is 10.8. The van der Waals surface area contributed by atoms with Crippen molar-refractivity contribution < 1.29 is 14.3 Å². The molecule has 3 N–H and O–H groups in total. The van der Waals surface area contributed by atoms with Crippen LogP contribution in [-0.2, 0) is 4.79 Å². The van der Waals surface area contributed by atoms with E-state index < -0.39 is 6.04 Å². The van der Waals surface area contributed by atoms with Crippen molar-refractivity contribution in [2.24, 2.45) is 16.2 Å². The van der Waals surface area contributed by atoms with Crippen LogP contribution in [0.3, 0.4) is 0 Å². The number of hydrogen-bond acceptors (Lipinski definition) is 6. The van der Waals surface area contributed by atoms with Crippen LogP contribution in [-0.4, -0.2) is 50.4 Å². The number of nitrogens with one attached hydrogen (secondary N) is 1. The van der Waals surface area contributed by atoms with Crippen LogP contribution in [0.15, 0.2) is 34.6 Å². The molecule has 1 aromatic carbocycles. The Balaban J connectivity index is 2.81. The van der Waals surface area contributed by atoms with Crippen LogP contribution in [0, 0.1) is 5.41 Å². The molecule has 0 heterocycles. The van der Waals surface area contributed by atoms with E-state index in [9.17, 15) is 4.79 Å². The van der Waals surface area contributed by atoms with Gasteiger partial charge in [-0.05, 0) is 19.2 Å². The van der Waals surface area contributed by atoms with Crippen LogP contribution in [0.25, 0.3) is 0 Å². The minimum atomic E-state index is -0.549. The van der Waals surface area contributed by atoms with Crippen molar-refractivity contribution in [3.63, 3.8) is 0 Å². The second-order valence-corrected chi connectivity index (χ2v) is 4.18. The quantitative estimate of drug-likeness (QED) is 0.184. The molecule has 1 aromatic rings. The molecule has 0 radical (unpaired) electrons. The summed E-state index contributed by atoms with van der Waals surface area (Å²) in [7, 11) is 3.23. The Labute approximate surface area is 123 Å². The van der Waals surface area contributed by atoms with Gasteiger partial charge in [0, 0.05) is 0 Å². The van der Waals surface area contributed by atoms with E-state index in [-0.39, 0.29) is 19.0 Å². The maximum atomic E-state index is 10.6. The van der Waals surface area contributed by atoms with Gasteiger partial charge in [0.15, 0.2) is 17.3 Å². The molecular formula is C13H19N5O3. The fourth-order valence-electron chi connectivity index (χ4n) is 1.70. The van der Waals surface area contributed by atoms with E-state index in [1.54, 1.807) is 31.2 Å². The van der Waals surface area contributed by atoms with Gasteiger partial charge >= 0.3 is 0 Å². The lowest BCUT2D eigenvalue weighted by Gasteiger charge is -2.24. The standard InChI is InChI=1S/C13H19N5O3/c1-18(7-8-19)10(13(14)16-17-15)9-21-12-6-4-3-5-11(12)20-2/h3-6,8,10H,7,9H2,1-2H3,(H3,14,15,16). The normalized spacial score (nSPS) is 12.3. The highest BCUT2D eigenvalue weighted by Gasteiger charge is 2.21. The molecule has 0 aliphatic heterocycles. The molecule has 1 atom stereocenters. The maximum absolute atomic E-state index is 10.6. The number of rotatable bonds is 8. The zero-order valence-electron chi connectivity index (χ0n) is 12.0. The van der Waals surface area contributed by atoms with E-state index in [0.717, 1.165) is 6.29 Å². The van der Waals surface area contributed by atoms with Crippen molar-refractivity contribution in [2.75, 3.05) is 27.3 Å². The SMILES string of the molecule is COc1ccccc1OCC(C(=N)N=NN)N(C)CC=O. The lowest BCUT2D eigenvalue weighted by Crippen LogP contribution is -2.42. The summed E-state index contributed by atoms with van der Waals surface area (Å²) in [4.78, 5) is 12.2. The Morgan fingerprint density at radius 2 is 2.14 bits per heavy atom. The molecule has 0 bridgehead atoms. The van der Waals surface area contributed by atoms with Crippen molar-refractivity contribution in [3.05, 3.63) is 24.3 Å². The number of likely N-dealkylation sites (N-methyl/N-ethyl adjacent to an activating group) is 1. The highest BCUT2D eigenvalue weighted by atomic mass is 16.5. The number of nitrogens with two attached hydrogens (primary N) is 1. The first kappa shape index (κ1) is 16.6. The first-order chi connectivity index (χ1) is 10.1. The summed E-state index contributed by atoms with van der Waals surface area (Å²) in [6.07, 6.45) is 0.739. The van der Waals surface area contributed by atoms with Crippen LogP contribution in [0.5, 0.6) is 11.5 Å². The number of amidine groups is 1. The van der Waals surface area contributed by atoms with Gasteiger partial charge in [0.25, 0.3) is 0 Å². The molecule has 8 heteroatoms. The van der Waals surface area contributed by atoms with E-state index in [0.29, 0.717) is 11.5 Å². The number of methoxy groups -OCH3 is 1. The Bertz CT molecular complexity index is 506. The number of aldehydes is 1. The third kappa shape index (κ3) is 4.84. The van der Waals surface area contributed by atoms with Crippen molar-refractivity contribution >= 4 is 12.1 Å². The minimum Gasteiger partial charge on any atom is -0.493 e. The number of hydrogen-bond donors (Lipinski definition) is 2. The second-order valence-electron chi connectivity index (χ2n) is 4.18. The summed E-state index contributed by atoms with van der Waals surface area (Å²) in [5, 5.41) is 14.4. The molecule has 0 aromatic heterocycles. The molecule has 1 rings (SSSR count). The number of para-hydroxylation sites is 2. The lowest BCUT2D eigenvalue weighted by atomic mass is 10.2. The molecule has 21 heavy (non-hydrogen) atoms. The number of benzene rings is 1. The molecule has 0 saturated heterocycles. The Morgan fingerprint density at radius 1 is 1.48 bits per heavy atom. The Kier molecular flexibility index (Phi) is 6.82. The van der Waals surface area contributed by atoms with Crippen molar-refractivity contribution in [2.45, 2.75) is 6.04 Å². The predicted octanol–water partition coefficient (Wildman–Crippen LogP) is 0.876. The Morgan fingerprint density at radius 3 is 2.71 bits per heavy atom. The van der Waals surface area contributed by atoms with E-state index in [1.165, 1.54) is 0 Å². The summed E-state index contributed by atoms with van der Waals surface area (Å²) in [6.45, 7) is 0.255. The first-order valence-electron chi connectivity index (χ1n) is 6.23. The van der Waals surface area contributed by atoms with Gasteiger partial charge in [0.05, 0.1) is 13.7 Å². The smallest absolute Gasteiger partial charge is 0.166 e. The molecular weight excluding hydrogens is 274 g/mol. The van der Waals surface area contributed by atoms with Gasteiger partial charge < -0.3 is 20.1 Å². The van der Waals surface area contributed by atoms with Gasteiger partial charge in [-0.1, -0.05) is 17.4 Å². The van der Waals surface area contributed by atoms with Crippen LogP contribution in [0.4, 0.5) is 0 Å².